The summed E-state index contributed by atoms with van der Waals surface area (Å²) in [6.45, 7) is 4.21. The lowest BCUT2D eigenvalue weighted by atomic mass is 10.0. The summed E-state index contributed by atoms with van der Waals surface area (Å²) in [6, 6.07) is 7.89. The van der Waals surface area contributed by atoms with Crippen molar-refractivity contribution in [1.82, 2.24) is 0 Å². The smallest absolute Gasteiger partial charge is 0.331 e. The first-order valence-corrected chi connectivity index (χ1v) is 6.61. The molecule has 1 rings (SSSR count). The Balaban J connectivity index is 2.86. The minimum absolute atomic E-state index is 0.478. The van der Waals surface area contributed by atoms with E-state index >= 15 is 0 Å². The Morgan fingerprint density at radius 1 is 1.26 bits per heavy atom. The monoisotopic (exact) mass is 261 g/mol. The number of carbonyl (C=O) groups is 1. The molecule has 0 saturated heterocycles. The van der Waals surface area contributed by atoms with E-state index in [2.05, 4.69) is 13.8 Å². The van der Waals surface area contributed by atoms with Crippen LogP contribution in [-0.2, 0) is 4.79 Å². The quantitative estimate of drug-likeness (QED) is 0.794. The Bertz CT molecular complexity index is 444. The lowest BCUT2D eigenvalue weighted by molar-refractivity contribution is -0.132. The first kappa shape index (κ1) is 15.3. The van der Waals surface area contributed by atoms with Crippen LogP contribution in [0.5, 0.6) is 0 Å². The van der Waals surface area contributed by atoms with Gasteiger partial charge in [-0.25, -0.2) is 4.79 Å². The van der Waals surface area contributed by atoms with Crippen LogP contribution in [0, 0.1) is 5.92 Å². The molecule has 1 aromatic carbocycles. The molecule has 1 aromatic rings. The Morgan fingerprint density at radius 3 is 2.26 bits per heavy atom. The number of benzene rings is 1. The number of hydrogen-bond acceptors (Lipinski definition) is 2. The van der Waals surface area contributed by atoms with Crippen molar-refractivity contribution in [1.29, 1.82) is 0 Å². The first-order valence-electron chi connectivity index (χ1n) is 6.61. The molecule has 3 nitrogen and oxygen atoms in total. The van der Waals surface area contributed by atoms with E-state index in [4.69, 9.17) is 0 Å². The van der Waals surface area contributed by atoms with Crippen molar-refractivity contribution in [2.75, 3.05) is 19.0 Å². The molecule has 0 aromatic heterocycles. The summed E-state index contributed by atoms with van der Waals surface area (Å²) >= 11 is 0. The third-order valence-corrected chi connectivity index (χ3v) is 3.02. The van der Waals surface area contributed by atoms with Gasteiger partial charge in [-0.2, -0.15) is 0 Å². The number of rotatable bonds is 6. The van der Waals surface area contributed by atoms with Crippen molar-refractivity contribution < 1.29 is 9.90 Å². The Hall–Kier alpha value is -1.77. The number of hydrogen-bond donors (Lipinski definition) is 1. The highest BCUT2D eigenvalue weighted by molar-refractivity contribution is 5.92. The van der Waals surface area contributed by atoms with Crippen LogP contribution >= 0.6 is 0 Å². The van der Waals surface area contributed by atoms with Gasteiger partial charge in [0.1, 0.15) is 0 Å². The zero-order valence-electron chi connectivity index (χ0n) is 12.2. The lowest BCUT2D eigenvalue weighted by Gasteiger charge is -2.12. The predicted molar refractivity (Wildman–Crippen MR) is 80.5 cm³/mol. The second kappa shape index (κ2) is 6.98. The van der Waals surface area contributed by atoms with E-state index in [1.54, 1.807) is 6.08 Å². The van der Waals surface area contributed by atoms with Gasteiger partial charge in [-0.3, -0.25) is 0 Å². The Kier molecular flexibility index (Phi) is 5.61. The maximum Gasteiger partial charge on any atom is 0.331 e. The highest BCUT2D eigenvalue weighted by Crippen LogP contribution is 2.18. The van der Waals surface area contributed by atoms with E-state index in [1.165, 1.54) is 0 Å². The van der Waals surface area contributed by atoms with Gasteiger partial charge in [0.25, 0.3) is 0 Å². The minimum Gasteiger partial charge on any atom is -0.478 e. The van der Waals surface area contributed by atoms with Gasteiger partial charge in [0, 0.05) is 25.4 Å². The predicted octanol–water partition coefficient (Wildman–Crippen LogP) is 3.66. The van der Waals surface area contributed by atoms with Crippen LogP contribution < -0.4 is 4.90 Å². The third-order valence-electron chi connectivity index (χ3n) is 3.02. The van der Waals surface area contributed by atoms with E-state index < -0.39 is 5.97 Å². The molecule has 0 amide bonds. The normalized spacial score (nSPS) is 11.7. The Labute approximate surface area is 115 Å². The minimum atomic E-state index is -0.822. The van der Waals surface area contributed by atoms with Crippen LogP contribution in [-0.4, -0.2) is 25.2 Å². The molecule has 0 spiro atoms. The molecule has 1 N–H and O–H groups in total. The first-order chi connectivity index (χ1) is 8.90. The van der Waals surface area contributed by atoms with Crippen LogP contribution in [0.3, 0.4) is 0 Å². The van der Waals surface area contributed by atoms with Gasteiger partial charge >= 0.3 is 5.97 Å². The second-order valence-electron chi connectivity index (χ2n) is 5.39. The molecule has 0 saturated carbocycles. The zero-order chi connectivity index (χ0) is 14.4. The number of carboxylic acid groups (broad SMARTS) is 1. The van der Waals surface area contributed by atoms with Gasteiger partial charge in [-0.15, -0.1) is 0 Å². The van der Waals surface area contributed by atoms with E-state index in [9.17, 15) is 9.90 Å². The van der Waals surface area contributed by atoms with Crippen molar-refractivity contribution in [3.05, 3.63) is 35.4 Å². The average molecular weight is 261 g/mol. The fraction of sp³-hybridized carbons (Fsp3) is 0.438. The number of aliphatic carboxylic acids is 1. The summed E-state index contributed by atoms with van der Waals surface area (Å²) in [5, 5.41) is 9.21. The van der Waals surface area contributed by atoms with Crippen LogP contribution in [0.2, 0.25) is 0 Å². The van der Waals surface area contributed by atoms with E-state index in [-0.39, 0.29) is 0 Å². The summed E-state index contributed by atoms with van der Waals surface area (Å²) in [5.41, 5.74) is 2.52. The molecule has 3 heteroatoms. The highest BCUT2D eigenvalue weighted by Gasteiger charge is 2.08. The largest absolute Gasteiger partial charge is 0.478 e. The topological polar surface area (TPSA) is 40.5 Å². The summed E-state index contributed by atoms with van der Waals surface area (Å²) in [7, 11) is 3.96. The molecule has 0 unspecified atom stereocenters. The van der Waals surface area contributed by atoms with Gasteiger partial charge in [-0.1, -0.05) is 26.0 Å². The van der Waals surface area contributed by atoms with Gasteiger partial charge in [0.15, 0.2) is 0 Å². The summed E-state index contributed by atoms with van der Waals surface area (Å²) in [5.74, 6) is -0.309. The fourth-order valence-electron chi connectivity index (χ4n) is 1.75. The summed E-state index contributed by atoms with van der Waals surface area (Å²) in [6.07, 6.45) is 3.28. The van der Waals surface area contributed by atoms with E-state index in [1.807, 2.05) is 43.3 Å². The maximum absolute atomic E-state index is 11.2. The number of carboxylic acids is 1. The fourth-order valence-corrected chi connectivity index (χ4v) is 1.75. The molecule has 0 radical (unpaired) electrons. The van der Waals surface area contributed by atoms with Gasteiger partial charge in [0.2, 0.25) is 0 Å². The zero-order valence-corrected chi connectivity index (χ0v) is 12.2. The molecule has 0 fully saturated rings. The Morgan fingerprint density at radius 2 is 1.84 bits per heavy atom. The highest BCUT2D eigenvalue weighted by atomic mass is 16.4. The van der Waals surface area contributed by atoms with E-state index in [0.717, 1.165) is 17.7 Å². The van der Waals surface area contributed by atoms with Crippen LogP contribution in [0.4, 0.5) is 5.69 Å². The average Bonchev–Trinajstić information content (AvgIpc) is 2.34. The molecule has 0 atom stereocenters. The molecule has 104 valence electrons. The van der Waals surface area contributed by atoms with Crippen LogP contribution in [0.1, 0.15) is 32.3 Å². The van der Waals surface area contributed by atoms with Crippen molar-refractivity contribution in [2.45, 2.75) is 26.7 Å². The third kappa shape index (κ3) is 5.16. The molecular weight excluding hydrogens is 238 g/mol. The number of anilines is 1. The van der Waals surface area contributed by atoms with Crippen molar-refractivity contribution in [3.8, 4) is 0 Å². The van der Waals surface area contributed by atoms with Crippen LogP contribution in [0.15, 0.2) is 29.8 Å². The maximum atomic E-state index is 11.2. The van der Waals surface area contributed by atoms with Crippen molar-refractivity contribution in [2.24, 2.45) is 5.92 Å². The van der Waals surface area contributed by atoms with Crippen molar-refractivity contribution in [3.63, 3.8) is 0 Å². The molecular formula is C16H23NO2. The van der Waals surface area contributed by atoms with E-state index in [0.29, 0.717) is 17.9 Å². The lowest BCUT2D eigenvalue weighted by Crippen LogP contribution is -2.08. The molecule has 0 aliphatic heterocycles. The SMILES string of the molecule is CC(C)CCC(=Cc1ccc(N(C)C)cc1)C(=O)O. The van der Waals surface area contributed by atoms with Gasteiger partial charge < -0.3 is 10.0 Å². The molecule has 0 heterocycles. The molecule has 0 aliphatic rings. The van der Waals surface area contributed by atoms with Gasteiger partial charge in [-0.05, 0) is 42.5 Å². The summed E-state index contributed by atoms with van der Waals surface area (Å²) < 4.78 is 0. The van der Waals surface area contributed by atoms with Gasteiger partial charge in [0.05, 0.1) is 0 Å². The number of nitrogens with zero attached hydrogens (tertiary/aromatic N) is 1. The standard InChI is InChI=1S/C16H23NO2/c1-12(2)5-8-14(16(18)19)11-13-6-9-15(10-7-13)17(3)4/h6-7,9-12H,5,8H2,1-4H3,(H,18,19). The molecule has 0 bridgehead atoms. The molecule has 0 aliphatic carbocycles. The van der Waals surface area contributed by atoms with Crippen LogP contribution in [0.25, 0.3) is 6.08 Å². The molecule has 19 heavy (non-hydrogen) atoms. The summed E-state index contributed by atoms with van der Waals surface area (Å²) in [4.78, 5) is 13.2. The second-order valence-corrected chi connectivity index (χ2v) is 5.39. The van der Waals surface area contributed by atoms with Crippen molar-refractivity contribution >= 4 is 17.7 Å².